The molecule has 0 spiro atoms. The van der Waals surface area contributed by atoms with E-state index < -0.39 is 7.82 Å². The molecular formula is C5H15N2O4P. The molecule has 74 valence electrons. The fourth-order valence-electron chi connectivity index (χ4n) is 0.609. The molecular weight excluding hydrogens is 183 g/mol. The summed E-state index contributed by atoms with van der Waals surface area (Å²) >= 11 is 0. The standard InChI is InChI=1S/C5H15N2O4P/c1-2-7(6)4-3-5-11-12(8,9)10/h2-6H2,1H3,(H2,8,9,10). The lowest BCUT2D eigenvalue weighted by Gasteiger charge is -2.12. The third kappa shape index (κ3) is 8.13. The van der Waals surface area contributed by atoms with Crippen LogP contribution < -0.4 is 5.84 Å². The Bertz CT molecular complexity index is 160. The molecule has 0 aromatic carbocycles. The molecule has 0 aliphatic carbocycles. The maximum Gasteiger partial charge on any atom is 0.469 e. The van der Waals surface area contributed by atoms with Crippen LogP contribution in [0.3, 0.4) is 0 Å². The molecule has 0 fully saturated rings. The van der Waals surface area contributed by atoms with Crippen LogP contribution in [0.4, 0.5) is 0 Å². The number of phosphoric acid groups is 1. The molecule has 0 aliphatic heterocycles. The van der Waals surface area contributed by atoms with Gasteiger partial charge in [-0.1, -0.05) is 6.92 Å². The van der Waals surface area contributed by atoms with E-state index in [2.05, 4.69) is 4.52 Å². The molecule has 4 N–H and O–H groups in total. The van der Waals surface area contributed by atoms with Gasteiger partial charge in [-0.15, -0.1) is 0 Å². The van der Waals surface area contributed by atoms with Crippen molar-refractivity contribution in [3.05, 3.63) is 0 Å². The summed E-state index contributed by atoms with van der Waals surface area (Å²) in [6, 6.07) is 0. The lowest BCUT2D eigenvalue weighted by atomic mass is 10.4. The third-order valence-electron chi connectivity index (χ3n) is 1.26. The average molecular weight is 198 g/mol. The first-order chi connectivity index (χ1) is 5.45. The predicted octanol–water partition coefficient (Wildman–Crippen LogP) is -0.319. The van der Waals surface area contributed by atoms with E-state index in [-0.39, 0.29) is 6.61 Å². The number of nitrogens with zero attached hydrogens (tertiary/aromatic N) is 1. The Morgan fingerprint density at radius 3 is 2.58 bits per heavy atom. The minimum Gasteiger partial charge on any atom is -0.303 e. The van der Waals surface area contributed by atoms with Crippen LogP contribution in [0.1, 0.15) is 13.3 Å². The highest BCUT2D eigenvalue weighted by molar-refractivity contribution is 7.46. The molecule has 0 aromatic heterocycles. The van der Waals surface area contributed by atoms with Gasteiger partial charge in [0.05, 0.1) is 6.61 Å². The fourth-order valence-corrected chi connectivity index (χ4v) is 0.976. The van der Waals surface area contributed by atoms with Crippen molar-refractivity contribution >= 4 is 7.82 Å². The summed E-state index contributed by atoms with van der Waals surface area (Å²) in [4.78, 5) is 16.6. The normalized spacial score (nSPS) is 12.4. The van der Waals surface area contributed by atoms with Crippen molar-refractivity contribution in [3.63, 3.8) is 0 Å². The number of hydrazine groups is 1. The van der Waals surface area contributed by atoms with Crippen molar-refractivity contribution in [1.82, 2.24) is 5.01 Å². The van der Waals surface area contributed by atoms with Crippen molar-refractivity contribution in [2.24, 2.45) is 5.84 Å². The van der Waals surface area contributed by atoms with E-state index >= 15 is 0 Å². The van der Waals surface area contributed by atoms with E-state index in [9.17, 15) is 4.57 Å². The van der Waals surface area contributed by atoms with E-state index in [4.69, 9.17) is 15.6 Å². The zero-order valence-electron chi connectivity index (χ0n) is 7.01. The van der Waals surface area contributed by atoms with Gasteiger partial charge in [0.25, 0.3) is 0 Å². The summed E-state index contributed by atoms with van der Waals surface area (Å²) in [6.07, 6.45) is 0.509. The van der Waals surface area contributed by atoms with Crippen LogP contribution in [0.2, 0.25) is 0 Å². The van der Waals surface area contributed by atoms with Gasteiger partial charge in [0.15, 0.2) is 0 Å². The lowest BCUT2D eigenvalue weighted by Crippen LogP contribution is -2.32. The highest BCUT2D eigenvalue weighted by Crippen LogP contribution is 2.35. The summed E-state index contributed by atoms with van der Waals surface area (Å²) < 4.78 is 14.4. The van der Waals surface area contributed by atoms with Crippen LogP contribution in [-0.2, 0) is 9.09 Å². The number of hydrogen-bond donors (Lipinski definition) is 3. The fraction of sp³-hybridized carbons (Fsp3) is 1.00. The lowest BCUT2D eigenvalue weighted by molar-refractivity contribution is 0.181. The zero-order chi connectivity index (χ0) is 9.61. The third-order valence-corrected chi connectivity index (χ3v) is 1.77. The van der Waals surface area contributed by atoms with E-state index in [1.165, 1.54) is 0 Å². The van der Waals surface area contributed by atoms with Gasteiger partial charge >= 0.3 is 7.82 Å². The molecule has 6 nitrogen and oxygen atoms in total. The van der Waals surface area contributed by atoms with Gasteiger partial charge in [0.1, 0.15) is 0 Å². The van der Waals surface area contributed by atoms with Crippen LogP contribution in [-0.4, -0.2) is 34.5 Å². The Morgan fingerprint density at radius 2 is 2.17 bits per heavy atom. The second kappa shape index (κ2) is 5.64. The molecule has 0 radical (unpaired) electrons. The summed E-state index contributed by atoms with van der Waals surface area (Å²) in [6.45, 7) is 3.19. The Balaban J connectivity index is 3.28. The van der Waals surface area contributed by atoms with Crippen LogP contribution in [0.5, 0.6) is 0 Å². The maximum absolute atomic E-state index is 10.2. The molecule has 0 heterocycles. The Kier molecular flexibility index (Phi) is 5.65. The van der Waals surface area contributed by atoms with Gasteiger partial charge in [-0.2, -0.15) is 0 Å². The first kappa shape index (κ1) is 12.0. The first-order valence-corrected chi connectivity index (χ1v) is 5.18. The number of hydrogen-bond acceptors (Lipinski definition) is 4. The van der Waals surface area contributed by atoms with Crippen molar-refractivity contribution < 1.29 is 18.9 Å². The number of phosphoric ester groups is 1. The molecule has 0 amide bonds. The summed E-state index contributed by atoms with van der Waals surface area (Å²) in [5, 5.41) is 1.54. The van der Waals surface area contributed by atoms with Crippen LogP contribution >= 0.6 is 7.82 Å². The minimum atomic E-state index is -4.29. The molecule has 0 atom stereocenters. The SMILES string of the molecule is CCN(N)CCCOP(=O)(O)O. The molecule has 0 rings (SSSR count). The molecule has 0 aromatic rings. The number of nitrogens with two attached hydrogens (primary N) is 1. The van der Waals surface area contributed by atoms with Crippen molar-refractivity contribution in [2.45, 2.75) is 13.3 Å². The van der Waals surface area contributed by atoms with Crippen molar-refractivity contribution in [1.29, 1.82) is 0 Å². The summed E-state index contributed by atoms with van der Waals surface area (Å²) in [5.74, 6) is 5.41. The average Bonchev–Trinajstić information content (AvgIpc) is 1.96. The van der Waals surface area contributed by atoms with Crippen LogP contribution in [0.15, 0.2) is 0 Å². The summed E-state index contributed by atoms with van der Waals surface area (Å²) in [5.41, 5.74) is 0. The Morgan fingerprint density at radius 1 is 1.58 bits per heavy atom. The Hall–Kier alpha value is 0.0300. The quantitative estimate of drug-likeness (QED) is 0.234. The summed E-state index contributed by atoms with van der Waals surface area (Å²) in [7, 11) is -4.29. The van der Waals surface area contributed by atoms with Gasteiger partial charge in [-0.05, 0) is 6.42 Å². The molecule has 0 aliphatic rings. The molecule has 0 unspecified atom stereocenters. The zero-order valence-corrected chi connectivity index (χ0v) is 7.91. The van der Waals surface area contributed by atoms with E-state index in [1.807, 2.05) is 6.92 Å². The monoisotopic (exact) mass is 198 g/mol. The first-order valence-electron chi connectivity index (χ1n) is 3.65. The smallest absolute Gasteiger partial charge is 0.303 e. The van der Waals surface area contributed by atoms with Gasteiger partial charge in [0, 0.05) is 13.1 Å². The number of rotatable bonds is 6. The van der Waals surface area contributed by atoms with Crippen LogP contribution in [0.25, 0.3) is 0 Å². The van der Waals surface area contributed by atoms with Crippen molar-refractivity contribution in [3.8, 4) is 0 Å². The molecule has 0 saturated heterocycles. The molecule has 12 heavy (non-hydrogen) atoms. The maximum atomic E-state index is 10.2. The highest BCUT2D eigenvalue weighted by Gasteiger charge is 2.12. The largest absolute Gasteiger partial charge is 0.469 e. The second-order valence-electron chi connectivity index (χ2n) is 2.31. The topological polar surface area (TPSA) is 96.0 Å². The molecule has 0 saturated carbocycles. The van der Waals surface area contributed by atoms with E-state index in [0.29, 0.717) is 19.5 Å². The predicted molar refractivity (Wildman–Crippen MR) is 44.0 cm³/mol. The van der Waals surface area contributed by atoms with Gasteiger partial charge in [0.2, 0.25) is 0 Å². The van der Waals surface area contributed by atoms with Gasteiger partial charge in [-0.3, -0.25) is 10.4 Å². The van der Waals surface area contributed by atoms with E-state index in [1.54, 1.807) is 5.01 Å². The van der Waals surface area contributed by atoms with E-state index in [0.717, 1.165) is 0 Å². The second-order valence-corrected chi connectivity index (χ2v) is 3.55. The minimum absolute atomic E-state index is 0.0258. The molecule has 7 heteroatoms. The molecule has 0 bridgehead atoms. The van der Waals surface area contributed by atoms with Crippen molar-refractivity contribution in [2.75, 3.05) is 19.7 Å². The highest BCUT2D eigenvalue weighted by atomic mass is 31.2. The van der Waals surface area contributed by atoms with Gasteiger partial charge < -0.3 is 9.79 Å². The van der Waals surface area contributed by atoms with Gasteiger partial charge in [-0.25, -0.2) is 9.57 Å². The Labute approximate surface area is 71.5 Å². The van der Waals surface area contributed by atoms with Crippen LogP contribution in [0, 0.1) is 0 Å².